The van der Waals surface area contributed by atoms with Crippen molar-refractivity contribution in [1.29, 1.82) is 0 Å². The number of ether oxygens (including phenoxy) is 2. The number of amides is 1. The fourth-order valence-corrected chi connectivity index (χ4v) is 4.58. The van der Waals surface area contributed by atoms with Crippen LogP contribution in [0.2, 0.25) is 0 Å². The zero-order valence-electron chi connectivity index (χ0n) is 18.0. The number of piperidine rings is 1. The Bertz CT molecular complexity index is 890. The SMILES string of the molecule is C[C@@]1(O)CCOC2(CCN(C(=O)c3cccc(OCCc4ccccc4)c3)CC2)[C@H]1O. The molecular formula is C25H31NO5. The van der Waals surface area contributed by atoms with Crippen molar-refractivity contribution in [3.05, 3.63) is 65.7 Å². The molecule has 4 rings (SSSR count). The maximum Gasteiger partial charge on any atom is 0.253 e. The van der Waals surface area contributed by atoms with Crippen LogP contribution in [-0.4, -0.2) is 64.6 Å². The van der Waals surface area contributed by atoms with Gasteiger partial charge in [0.1, 0.15) is 17.5 Å². The molecule has 166 valence electrons. The van der Waals surface area contributed by atoms with Crippen LogP contribution < -0.4 is 4.74 Å². The highest BCUT2D eigenvalue weighted by molar-refractivity contribution is 5.94. The number of carbonyl (C=O) groups excluding carboxylic acids is 1. The van der Waals surface area contributed by atoms with Crippen LogP contribution in [0.3, 0.4) is 0 Å². The zero-order valence-corrected chi connectivity index (χ0v) is 18.0. The van der Waals surface area contributed by atoms with Crippen molar-refractivity contribution in [2.75, 3.05) is 26.3 Å². The summed E-state index contributed by atoms with van der Waals surface area (Å²) in [5.74, 6) is 0.623. The third-order valence-corrected chi connectivity index (χ3v) is 6.57. The third kappa shape index (κ3) is 4.76. The van der Waals surface area contributed by atoms with E-state index in [1.165, 1.54) is 5.56 Å². The molecule has 2 aliphatic heterocycles. The highest BCUT2D eigenvalue weighted by Crippen LogP contribution is 2.40. The van der Waals surface area contributed by atoms with Crippen molar-refractivity contribution in [1.82, 2.24) is 4.90 Å². The maximum atomic E-state index is 13.0. The second kappa shape index (κ2) is 8.99. The van der Waals surface area contributed by atoms with Gasteiger partial charge in [0.25, 0.3) is 5.91 Å². The highest BCUT2D eigenvalue weighted by Gasteiger charge is 2.52. The molecule has 2 saturated heterocycles. The first-order chi connectivity index (χ1) is 14.9. The van der Waals surface area contributed by atoms with E-state index in [9.17, 15) is 15.0 Å². The minimum absolute atomic E-state index is 0.0552. The first-order valence-corrected chi connectivity index (χ1v) is 11.0. The van der Waals surface area contributed by atoms with Crippen LogP contribution >= 0.6 is 0 Å². The number of likely N-dealkylation sites (tertiary alicyclic amines) is 1. The standard InChI is InChI=1S/C25H31NO5/c1-24(29)13-17-31-25(23(24)28)11-14-26(15-12-25)22(27)20-8-5-9-21(18-20)30-16-10-19-6-3-2-4-7-19/h2-9,18,23,28-29H,10-17H2,1H3/t23-,24+/m0/s1. The van der Waals surface area contributed by atoms with Gasteiger partial charge in [0, 0.05) is 31.5 Å². The average molecular weight is 426 g/mol. The molecule has 6 heteroatoms. The molecule has 2 aromatic rings. The summed E-state index contributed by atoms with van der Waals surface area (Å²) in [7, 11) is 0. The van der Waals surface area contributed by atoms with Gasteiger partial charge in [0.05, 0.1) is 18.8 Å². The lowest BCUT2D eigenvalue weighted by Crippen LogP contribution is -2.64. The smallest absolute Gasteiger partial charge is 0.253 e. The van der Waals surface area contributed by atoms with Gasteiger partial charge in [0.15, 0.2) is 0 Å². The van der Waals surface area contributed by atoms with Gasteiger partial charge in [0.2, 0.25) is 0 Å². The monoisotopic (exact) mass is 425 g/mol. The topological polar surface area (TPSA) is 79.2 Å². The number of nitrogens with zero attached hydrogens (tertiary/aromatic N) is 1. The molecule has 1 amide bonds. The predicted octanol–water partition coefficient (Wildman–Crippen LogP) is 2.82. The van der Waals surface area contributed by atoms with Crippen LogP contribution in [0.25, 0.3) is 0 Å². The normalized spacial score (nSPS) is 25.4. The van der Waals surface area contributed by atoms with Crippen molar-refractivity contribution in [2.24, 2.45) is 0 Å². The summed E-state index contributed by atoms with van der Waals surface area (Å²) in [5, 5.41) is 21.1. The fourth-order valence-electron chi connectivity index (χ4n) is 4.58. The Morgan fingerprint density at radius 3 is 2.61 bits per heavy atom. The van der Waals surface area contributed by atoms with Gasteiger partial charge < -0.3 is 24.6 Å². The molecule has 0 aliphatic carbocycles. The number of hydrogen-bond donors (Lipinski definition) is 2. The van der Waals surface area contributed by atoms with E-state index in [-0.39, 0.29) is 5.91 Å². The van der Waals surface area contributed by atoms with E-state index < -0.39 is 17.3 Å². The van der Waals surface area contributed by atoms with Gasteiger partial charge in [-0.05, 0) is 43.5 Å². The van der Waals surface area contributed by atoms with Gasteiger partial charge >= 0.3 is 0 Å². The Kier molecular flexibility index (Phi) is 6.32. The molecule has 2 aliphatic rings. The number of aliphatic hydroxyl groups excluding tert-OH is 1. The van der Waals surface area contributed by atoms with Crippen molar-refractivity contribution in [2.45, 2.75) is 49.9 Å². The summed E-state index contributed by atoms with van der Waals surface area (Å²) in [4.78, 5) is 14.8. The largest absolute Gasteiger partial charge is 0.493 e. The van der Waals surface area contributed by atoms with Crippen LogP contribution in [-0.2, 0) is 11.2 Å². The number of aliphatic hydroxyl groups is 2. The highest BCUT2D eigenvalue weighted by atomic mass is 16.5. The molecule has 0 aromatic heterocycles. The Labute approximate surface area is 183 Å². The predicted molar refractivity (Wildman–Crippen MR) is 117 cm³/mol. The van der Waals surface area contributed by atoms with E-state index in [2.05, 4.69) is 12.1 Å². The van der Waals surface area contributed by atoms with Gasteiger partial charge in [-0.25, -0.2) is 0 Å². The van der Waals surface area contributed by atoms with Crippen LogP contribution in [0, 0.1) is 0 Å². The molecule has 1 spiro atoms. The minimum atomic E-state index is -1.16. The van der Waals surface area contributed by atoms with Gasteiger partial charge in [-0.15, -0.1) is 0 Å². The summed E-state index contributed by atoms with van der Waals surface area (Å²) in [6, 6.07) is 17.4. The lowest BCUT2D eigenvalue weighted by atomic mass is 9.75. The molecule has 2 N–H and O–H groups in total. The summed E-state index contributed by atoms with van der Waals surface area (Å²) < 4.78 is 11.8. The van der Waals surface area contributed by atoms with E-state index in [4.69, 9.17) is 9.47 Å². The molecule has 0 saturated carbocycles. The molecule has 2 aromatic carbocycles. The van der Waals surface area contributed by atoms with Crippen molar-refractivity contribution >= 4 is 5.91 Å². The maximum absolute atomic E-state index is 13.0. The molecular weight excluding hydrogens is 394 g/mol. The summed E-state index contributed by atoms with van der Waals surface area (Å²) in [6.45, 7) is 3.57. The Morgan fingerprint density at radius 1 is 1.13 bits per heavy atom. The van der Waals surface area contributed by atoms with E-state index in [0.29, 0.717) is 56.9 Å². The van der Waals surface area contributed by atoms with Crippen molar-refractivity contribution in [3.8, 4) is 5.75 Å². The Balaban J connectivity index is 1.34. The summed E-state index contributed by atoms with van der Waals surface area (Å²) >= 11 is 0. The lowest BCUT2D eigenvalue weighted by Gasteiger charge is -2.51. The molecule has 31 heavy (non-hydrogen) atoms. The lowest BCUT2D eigenvalue weighted by molar-refractivity contribution is -0.244. The van der Waals surface area contributed by atoms with E-state index in [1.807, 2.05) is 30.3 Å². The average Bonchev–Trinajstić information content (AvgIpc) is 2.78. The van der Waals surface area contributed by atoms with Crippen molar-refractivity contribution < 1.29 is 24.5 Å². The second-order valence-corrected chi connectivity index (χ2v) is 8.83. The second-order valence-electron chi connectivity index (χ2n) is 8.83. The molecule has 6 nitrogen and oxygen atoms in total. The molecule has 2 heterocycles. The van der Waals surface area contributed by atoms with Crippen LogP contribution in [0.1, 0.15) is 42.1 Å². The fraction of sp³-hybridized carbons (Fsp3) is 0.480. The number of rotatable bonds is 5. The van der Waals surface area contributed by atoms with Crippen LogP contribution in [0.5, 0.6) is 5.75 Å². The number of benzene rings is 2. The van der Waals surface area contributed by atoms with Gasteiger partial charge in [-0.3, -0.25) is 4.79 Å². The van der Waals surface area contributed by atoms with Gasteiger partial charge in [-0.2, -0.15) is 0 Å². The zero-order chi connectivity index (χ0) is 21.9. The molecule has 0 radical (unpaired) electrons. The summed E-state index contributed by atoms with van der Waals surface area (Å²) in [5.41, 5.74) is -0.134. The summed E-state index contributed by atoms with van der Waals surface area (Å²) in [6.07, 6.45) is 1.27. The molecule has 2 fully saturated rings. The Morgan fingerprint density at radius 2 is 1.87 bits per heavy atom. The molecule has 0 unspecified atom stereocenters. The van der Waals surface area contributed by atoms with E-state index >= 15 is 0 Å². The number of carbonyl (C=O) groups is 1. The van der Waals surface area contributed by atoms with Crippen molar-refractivity contribution in [3.63, 3.8) is 0 Å². The van der Waals surface area contributed by atoms with E-state index in [1.54, 1.807) is 24.0 Å². The third-order valence-electron chi connectivity index (χ3n) is 6.57. The Hall–Kier alpha value is -2.41. The first kappa shape index (κ1) is 21.8. The first-order valence-electron chi connectivity index (χ1n) is 11.0. The minimum Gasteiger partial charge on any atom is -0.493 e. The molecule has 0 bridgehead atoms. The quantitative estimate of drug-likeness (QED) is 0.770. The number of hydrogen-bond acceptors (Lipinski definition) is 5. The van der Waals surface area contributed by atoms with E-state index in [0.717, 1.165) is 6.42 Å². The van der Waals surface area contributed by atoms with Crippen LogP contribution in [0.4, 0.5) is 0 Å². The van der Waals surface area contributed by atoms with Gasteiger partial charge in [-0.1, -0.05) is 36.4 Å². The van der Waals surface area contributed by atoms with Crippen LogP contribution in [0.15, 0.2) is 54.6 Å². The molecule has 2 atom stereocenters.